The molecule has 0 aromatic heterocycles. The van der Waals surface area contributed by atoms with Crippen molar-refractivity contribution >= 4 is 18.3 Å². The maximum absolute atomic E-state index is 12.2. The minimum absolute atomic E-state index is 0. The van der Waals surface area contributed by atoms with Crippen LogP contribution in [0.5, 0.6) is 17.2 Å². The van der Waals surface area contributed by atoms with Gasteiger partial charge in [-0.05, 0) is 18.9 Å². The van der Waals surface area contributed by atoms with E-state index in [4.69, 9.17) is 19.9 Å². The number of halogens is 1. The van der Waals surface area contributed by atoms with Gasteiger partial charge in [-0.2, -0.15) is 0 Å². The summed E-state index contributed by atoms with van der Waals surface area (Å²) in [6, 6.07) is 3.84. The number of carbonyl (C=O) groups excluding carboxylic acids is 1. The fourth-order valence-corrected chi connectivity index (χ4v) is 2.79. The summed E-state index contributed by atoms with van der Waals surface area (Å²) in [7, 11) is 4.74. The van der Waals surface area contributed by atoms with Gasteiger partial charge in [0.15, 0.2) is 11.5 Å². The van der Waals surface area contributed by atoms with E-state index in [0.717, 1.165) is 31.5 Å². The highest BCUT2D eigenvalue weighted by molar-refractivity contribution is 5.85. The van der Waals surface area contributed by atoms with Crippen LogP contribution in [0.1, 0.15) is 18.4 Å². The lowest BCUT2D eigenvalue weighted by Gasteiger charge is -2.29. The molecule has 1 fully saturated rings. The molecule has 0 saturated carbocycles. The molecule has 7 nitrogen and oxygen atoms in total. The zero-order valence-corrected chi connectivity index (χ0v) is 15.9. The molecule has 1 amide bonds. The fraction of sp³-hybridized carbons (Fsp3) is 0.588. The first-order valence-corrected chi connectivity index (χ1v) is 8.11. The van der Waals surface area contributed by atoms with Gasteiger partial charge in [0.1, 0.15) is 5.75 Å². The molecule has 1 aromatic rings. The Bertz CT molecular complexity index is 563. The Morgan fingerprint density at radius 3 is 2.24 bits per heavy atom. The number of ether oxygens (including phenoxy) is 3. The van der Waals surface area contributed by atoms with Gasteiger partial charge in [-0.3, -0.25) is 9.69 Å². The van der Waals surface area contributed by atoms with Crippen LogP contribution in [0.2, 0.25) is 0 Å². The Kier molecular flexibility index (Phi) is 8.82. The van der Waals surface area contributed by atoms with Crippen molar-refractivity contribution in [1.29, 1.82) is 0 Å². The summed E-state index contributed by atoms with van der Waals surface area (Å²) in [5, 5.41) is 2.93. The molecule has 0 atom stereocenters. The number of carbonyl (C=O) groups is 1. The van der Waals surface area contributed by atoms with Gasteiger partial charge in [-0.15, -0.1) is 12.4 Å². The second-order valence-corrected chi connectivity index (χ2v) is 5.91. The average molecular weight is 374 g/mol. The minimum atomic E-state index is -0.0118. The molecule has 0 aliphatic carbocycles. The molecule has 3 N–H and O–H groups in total. The van der Waals surface area contributed by atoms with Crippen LogP contribution in [-0.4, -0.2) is 57.8 Å². The molecule has 1 heterocycles. The standard InChI is InChI=1S/C17H27N3O4.ClH/c1-22-14-9-16(24-3)15(23-2)8-12(14)10-19-17(21)11-20-6-4-13(18)5-7-20;/h8-9,13H,4-7,10-11,18H2,1-3H3,(H,19,21);1H. The normalized spacial score (nSPS) is 15.2. The van der Waals surface area contributed by atoms with Gasteiger partial charge in [-0.1, -0.05) is 0 Å². The van der Waals surface area contributed by atoms with Crippen molar-refractivity contribution in [2.45, 2.75) is 25.4 Å². The number of likely N-dealkylation sites (tertiary alicyclic amines) is 1. The van der Waals surface area contributed by atoms with Crippen LogP contribution in [-0.2, 0) is 11.3 Å². The largest absolute Gasteiger partial charge is 0.496 e. The summed E-state index contributed by atoms with van der Waals surface area (Å²) in [5.41, 5.74) is 6.72. The number of nitrogens with zero attached hydrogens (tertiary/aromatic N) is 1. The molecule has 25 heavy (non-hydrogen) atoms. The van der Waals surface area contributed by atoms with E-state index in [2.05, 4.69) is 10.2 Å². The number of benzene rings is 1. The Hall–Kier alpha value is -1.70. The topological polar surface area (TPSA) is 86.0 Å². The minimum Gasteiger partial charge on any atom is -0.496 e. The van der Waals surface area contributed by atoms with Gasteiger partial charge in [-0.25, -0.2) is 0 Å². The number of rotatable bonds is 7. The Labute approximate surface area is 155 Å². The Morgan fingerprint density at radius 1 is 1.12 bits per heavy atom. The first kappa shape index (κ1) is 21.3. The van der Waals surface area contributed by atoms with Crippen LogP contribution >= 0.6 is 12.4 Å². The molecule has 0 radical (unpaired) electrons. The first-order valence-electron chi connectivity index (χ1n) is 8.11. The number of methoxy groups -OCH3 is 3. The average Bonchev–Trinajstić information content (AvgIpc) is 2.61. The number of piperidine rings is 1. The maximum atomic E-state index is 12.2. The SMILES string of the molecule is COc1cc(OC)c(OC)cc1CNC(=O)CN1CCC(N)CC1.Cl. The summed E-state index contributed by atoms with van der Waals surface area (Å²) in [6.45, 7) is 2.50. The molecule has 0 unspecified atom stereocenters. The van der Waals surface area contributed by atoms with Crippen LogP contribution < -0.4 is 25.3 Å². The van der Waals surface area contributed by atoms with Crippen LogP contribution in [0.25, 0.3) is 0 Å². The highest BCUT2D eigenvalue weighted by Gasteiger charge is 2.18. The number of nitrogens with two attached hydrogens (primary N) is 1. The summed E-state index contributed by atoms with van der Waals surface area (Å²) in [5.74, 6) is 1.83. The van der Waals surface area contributed by atoms with Gasteiger partial charge in [0.2, 0.25) is 5.91 Å². The van der Waals surface area contributed by atoms with E-state index in [1.54, 1.807) is 27.4 Å². The number of hydrogen-bond acceptors (Lipinski definition) is 6. The summed E-state index contributed by atoms with van der Waals surface area (Å²) in [6.07, 6.45) is 1.88. The van der Waals surface area contributed by atoms with Crippen molar-refractivity contribution in [2.24, 2.45) is 5.73 Å². The van der Waals surface area contributed by atoms with Crippen LogP contribution in [0.4, 0.5) is 0 Å². The van der Waals surface area contributed by atoms with E-state index in [1.807, 2.05) is 6.07 Å². The van der Waals surface area contributed by atoms with Crippen molar-refractivity contribution in [3.05, 3.63) is 17.7 Å². The van der Waals surface area contributed by atoms with Gasteiger partial charge in [0.25, 0.3) is 0 Å². The fourth-order valence-electron chi connectivity index (χ4n) is 2.79. The number of amides is 1. The summed E-state index contributed by atoms with van der Waals surface area (Å²) < 4.78 is 15.9. The lowest BCUT2D eigenvalue weighted by atomic mass is 10.1. The van der Waals surface area contributed by atoms with Gasteiger partial charge >= 0.3 is 0 Å². The summed E-state index contributed by atoms with van der Waals surface area (Å²) >= 11 is 0. The molecular formula is C17H28ClN3O4. The molecule has 1 aliphatic heterocycles. The van der Waals surface area contributed by atoms with Crippen LogP contribution in [0.15, 0.2) is 12.1 Å². The van der Waals surface area contributed by atoms with Crippen molar-refractivity contribution in [3.8, 4) is 17.2 Å². The molecule has 0 spiro atoms. The molecule has 1 saturated heterocycles. The van der Waals surface area contributed by atoms with Crippen molar-refractivity contribution in [1.82, 2.24) is 10.2 Å². The quantitative estimate of drug-likeness (QED) is 0.746. The van der Waals surface area contributed by atoms with Crippen molar-refractivity contribution in [3.63, 3.8) is 0 Å². The predicted molar refractivity (Wildman–Crippen MR) is 98.8 cm³/mol. The van der Waals surface area contributed by atoms with E-state index < -0.39 is 0 Å². The van der Waals surface area contributed by atoms with E-state index in [1.165, 1.54) is 0 Å². The molecule has 142 valence electrons. The smallest absolute Gasteiger partial charge is 0.234 e. The molecule has 2 rings (SSSR count). The van der Waals surface area contributed by atoms with Gasteiger partial charge in [0.05, 0.1) is 27.9 Å². The highest BCUT2D eigenvalue weighted by atomic mass is 35.5. The molecule has 8 heteroatoms. The van der Waals surface area contributed by atoms with Gasteiger partial charge in [0, 0.05) is 37.3 Å². The Morgan fingerprint density at radius 2 is 1.68 bits per heavy atom. The maximum Gasteiger partial charge on any atom is 0.234 e. The van der Waals surface area contributed by atoms with Gasteiger partial charge < -0.3 is 25.3 Å². The Balaban J connectivity index is 0.00000312. The zero-order chi connectivity index (χ0) is 17.5. The monoisotopic (exact) mass is 373 g/mol. The lowest BCUT2D eigenvalue weighted by molar-refractivity contribution is -0.122. The second-order valence-electron chi connectivity index (χ2n) is 5.91. The zero-order valence-electron chi connectivity index (χ0n) is 15.0. The highest BCUT2D eigenvalue weighted by Crippen LogP contribution is 2.34. The first-order chi connectivity index (χ1) is 11.6. The molecular weight excluding hydrogens is 346 g/mol. The predicted octanol–water partition coefficient (Wildman–Crippen LogP) is 1.17. The summed E-state index contributed by atoms with van der Waals surface area (Å²) in [4.78, 5) is 14.3. The van der Waals surface area contributed by atoms with E-state index >= 15 is 0 Å². The lowest BCUT2D eigenvalue weighted by Crippen LogP contribution is -2.44. The number of nitrogens with one attached hydrogen (secondary N) is 1. The molecule has 1 aliphatic rings. The van der Waals surface area contributed by atoms with E-state index in [0.29, 0.717) is 30.3 Å². The van der Waals surface area contributed by atoms with E-state index in [9.17, 15) is 4.79 Å². The third-order valence-corrected chi connectivity index (χ3v) is 4.26. The van der Waals surface area contributed by atoms with Crippen molar-refractivity contribution in [2.75, 3.05) is 41.0 Å². The third kappa shape index (κ3) is 5.95. The van der Waals surface area contributed by atoms with E-state index in [-0.39, 0.29) is 24.4 Å². The molecule has 0 bridgehead atoms. The van der Waals surface area contributed by atoms with Crippen molar-refractivity contribution < 1.29 is 19.0 Å². The number of hydrogen-bond donors (Lipinski definition) is 2. The van der Waals surface area contributed by atoms with Crippen LogP contribution in [0, 0.1) is 0 Å². The van der Waals surface area contributed by atoms with Crippen LogP contribution in [0.3, 0.4) is 0 Å². The second kappa shape index (κ2) is 10.3. The molecule has 1 aromatic carbocycles. The third-order valence-electron chi connectivity index (χ3n) is 4.26.